The first-order valence-corrected chi connectivity index (χ1v) is 8.09. The molecule has 0 aliphatic rings. The van der Waals surface area contributed by atoms with Crippen LogP contribution in [-0.2, 0) is 6.54 Å². The van der Waals surface area contributed by atoms with Crippen LogP contribution in [0, 0.1) is 0 Å². The highest BCUT2D eigenvalue weighted by Crippen LogP contribution is 2.29. The summed E-state index contributed by atoms with van der Waals surface area (Å²) in [5.41, 5.74) is 3.55. The van der Waals surface area contributed by atoms with E-state index in [-0.39, 0.29) is 12.4 Å². The van der Waals surface area contributed by atoms with Gasteiger partial charge >= 0.3 is 0 Å². The van der Waals surface area contributed by atoms with Gasteiger partial charge in [0.05, 0.1) is 10.2 Å². The molecule has 114 valence electrons. The van der Waals surface area contributed by atoms with E-state index in [1.54, 1.807) is 11.3 Å². The van der Waals surface area contributed by atoms with E-state index in [1.165, 1.54) is 15.8 Å². The van der Waals surface area contributed by atoms with E-state index < -0.39 is 0 Å². The van der Waals surface area contributed by atoms with Crippen molar-refractivity contribution in [3.05, 3.63) is 84.7 Å². The number of hydrogen-bond donors (Lipinski definition) is 0. The predicted octanol–water partition coefficient (Wildman–Crippen LogP) is 1.30. The molecule has 0 radical (unpaired) electrons. The highest BCUT2D eigenvalue weighted by atomic mass is 35.5. The SMILES string of the molecule is [Cl-].c1cc[n+](Cc2ccc(-c3nc4ccccc4s3)cc2)cc1. The maximum atomic E-state index is 4.71. The Morgan fingerprint density at radius 2 is 1.57 bits per heavy atom. The third-order valence-corrected chi connectivity index (χ3v) is 4.72. The fourth-order valence-corrected chi connectivity index (χ4v) is 3.47. The van der Waals surface area contributed by atoms with Gasteiger partial charge in [-0.05, 0) is 12.1 Å². The van der Waals surface area contributed by atoms with Gasteiger partial charge < -0.3 is 12.4 Å². The Morgan fingerprint density at radius 1 is 0.826 bits per heavy atom. The van der Waals surface area contributed by atoms with Crippen LogP contribution in [0.5, 0.6) is 0 Å². The third-order valence-electron chi connectivity index (χ3n) is 3.64. The molecule has 2 heterocycles. The highest BCUT2D eigenvalue weighted by Gasteiger charge is 2.07. The average Bonchev–Trinajstić information content (AvgIpc) is 3.00. The van der Waals surface area contributed by atoms with Gasteiger partial charge in [0, 0.05) is 23.3 Å². The molecule has 0 aliphatic heterocycles. The Morgan fingerprint density at radius 3 is 2.30 bits per heavy atom. The Hall–Kier alpha value is -2.23. The largest absolute Gasteiger partial charge is 1.00 e. The van der Waals surface area contributed by atoms with Gasteiger partial charge in [-0.2, -0.15) is 0 Å². The van der Waals surface area contributed by atoms with Crippen LogP contribution in [-0.4, -0.2) is 4.98 Å². The molecule has 0 fully saturated rings. The number of thiazole rings is 1. The molecule has 23 heavy (non-hydrogen) atoms. The summed E-state index contributed by atoms with van der Waals surface area (Å²) >= 11 is 1.74. The Bertz CT molecular complexity index is 868. The van der Waals surface area contributed by atoms with Crippen LogP contribution in [0.1, 0.15) is 5.56 Å². The van der Waals surface area contributed by atoms with E-state index in [1.807, 2.05) is 12.1 Å². The first kappa shape index (κ1) is 15.7. The summed E-state index contributed by atoms with van der Waals surface area (Å²) in [4.78, 5) is 4.71. The van der Waals surface area contributed by atoms with Crippen LogP contribution < -0.4 is 17.0 Å². The minimum atomic E-state index is 0. The summed E-state index contributed by atoms with van der Waals surface area (Å²) in [5.74, 6) is 0. The molecular formula is C19H15ClN2S. The molecule has 0 atom stereocenters. The number of pyridine rings is 1. The minimum Gasteiger partial charge on any atom is -1.00 e. The van der Waals surface area contributed by atoms with E-state index in [0.717, 1.165) is 17.1 Å². The zero-order valence-corrected chi connectivity index (χ0v) is 14.0. The molecule has 0 amide bonds. The molecule has 0 aliphatic carbocycles. The fraction of sp³-hybridized carbons (Fsp3) is 0.0526. The van der Waals surface area contributed by atoms with Crippen LogP contribution in [0.15, 0.2) is 79.1 Å². The molecule has 2 nitrogen and oxygen atoms in total. The molecule has 0 saturated carbocycles. The predicted molar refractivity (Wildman–Crippen MR) is 90.8 cm³/mol. The van der Waals surface area contributed by atoms with Crippen LogP contribution in [0.2, 0.25) is 0 Å². The number of hydrogen-bond acceptors (Lipinski definition) is 2. The van der Waals surface area contributed by atoms with E-state index >= 15 is 0 Å². The van der Waals surface area contributed by atoms with E-state index in [2.05, 4.69) is 71.6 Å². The van der Waals surface area contributed by atoms with Crippen molar-refractivity contribution in [2.75, 3.05) is 0 Å². The normalized spacial score (nSPS) is 10.4. The molecule has 0 N–H and O–H groups in total. The van der Waals surface area contributed by atoms with Gasteiger partial charge in [0.2, 0.25) is 0 Å². The van der Waals surface area contributed by atoms with Crippen LogP contribution in [0.3, 0.4) is 0 Å². The number of fused-ring (bicyclic) bond motifs is 1. The maximum Gasteiger partial charge on any atom is 0.173 e. The van der Waals surface area contributed by atoms with Crippen LogP contribution in [0.4, 0.5) is 0 Å². The van der Waals surface area contributed by atoms with Crippen molar-refractivity contribution in [3.8, 4) is 10.6 Å². The van der Waals surface area contributed by atoms with Crippen LogP contribution in [0.25, 0.3) is 20.8 Å². The second-order valence-electron chi connectivity index (χ2n) is 5.23. The Kier molecular flexibility index (Phi) is 4.70. The van der Waals surface area contributed by atoms with Gasteiger partial charge in [0.15, 0.2) is 18.9 Å². The van der Waals surface area contributed by atoms with Crippen molar-refractivity contribution in [3.63, 3.8) is 0 Å². The number of para-hydroxylation sites is 1. The number of rotatable bonds is 3. The zero-order valence-electron chi connectivity index (χ0n) is 12.4. The van der Waals surface area contributed by atoms with Gasteiger partial charge in [-0.1, -0.05) is 42.5 Å². The number of halogens is 1. The topological polar surface area (TPSA) is 16.8 Å². The van der Waals surface area contributed by atoms with E-state index in [4.69, 9.17) is 4.98 Å². The molecule has 4 aromatic rings. The number of aromatic nitrogens is 2. The molecule has 2 aromatic heterocycles. The lowest BCUT2D eigenvalue weighted by molar-refractivity contribution is -0.688. The van der Waals surface area contributed by atoms with Gasteiger partial charge in [-0.25, -0.2) is 9.55 Å². The minimum absolute atomic E-state index is 0. The number of nitrogens with zero attached hydrogens (tertiary/aromatic N) is 2. The van der Waals surface area contributed by atoms with Crippen molar-refractivity contribution in [2.24, 2.45) is 0 Å². The Balaban J connectivity index is 0.00000156. The van der Waals surface area contributed by atoms with E-state index in [9.17, 15) is 0 Å². The van der Waals surface area contributed by atoms with Gasteiger partial charge in [0.25, 0.3) is 0 Å². The molecule has 4 rings (SSSR count). The van der Waals surface area contributed by atoms with Crippen molar-refractivity contribution >= 4 is 21.6 Å². The third kappa shape index (κ3) is 3.41. The first-order valence-electron chi connectivity index (χ1n) is 7.27. The zero-order chi connectivity index (χ0) is 14.8. The van der Waals surface area contributed by atoms with Crippen molar-refractivity contribution in [2.45, 2.75) is 6.54 Å². The quantitative estimate of drug-likeness (QED) is 0.515. The van der Waals surface area contributed by atoms with E-state index in [0.29, 0.717) is 0 Å². The van der Waals surface area contributed by atoms with Gasteiger partial charge in [-0.3, -0.25) is 0 Å². The average molecular weight is 339 g/mol. The summed E-state index contributed by atoms with van der Waals surface area (Å²) in [7, 11) is 0. The maximum absolute atomic E-state index is 4.71. The van der Waals surface area contributed by atoms with Crippen molar-refractivity contribution in [1.29, 1.82) is 0 Å². The molecule has 2 aromatic carbocycles. The van der Waals surface area contributed by atoms with Gasteiger partial charge in [0.1, 0.15) is 5.01 Å². The first-order chi connectivity index (χ1) is 10.9. The lowest BCUT2D eigenvalue weighted by atomic mass is 10.1. The smallest absolute Gasteiger partial charge is 0.173 e. The molecule has 0 unspecified atom stereocenters. The molecule has 0 bridgehead atoms. The lowest BCUT2D eigenvalue weighted by Crippen LogP contribution is -3.00. The standard InChI is InChI=1S/C19H15N2S.ClH/c1-4-12-21(13-5-1)14-15-8-10-16(11-9-15)19-20-17-6-2-3-7-18(17)22-19;/h1-13H,14H2;1H/q+1;/p-1. The Labute approximate surface area is 145 Å². The molecular weight excluding hydrogens is 324 g/mol. The van der Waals surface area contributed by atoms with Crippen molar-refractivity contribution in [1.82, 2.24) is 4.98 Å². The summed E-state index contributed by atoms with van der Waals surface area (Å²) in [6.07, 6.45) is 4.17. The van der Waals surface area contributed by atoms with Gasteiger partial charge in [-0.15, -0.1) is 11.3 Å². The summed E-state index contributed by atoms with van der Waals surface area (Å²) in [6, 6.07) is 23.1. The highest BCUT2D eigenvalue weighted by molar-refractivity contribution is 7.21. The number of benzene rings is 2. The van der Waals surface area contributed by atoms with Crippen molar-refractivity contribution < 1.29 is 17.0 Å². The second-order valence-corrected chi connectivity index (χ2v) is 6.26. The second kappa shape index (κ2) is 6.90. The summed E-state index contributed by atoms with van der Waals surface area (Å²) in [5, 5.41) is 1.08. The summed E-state index contributed by atoms with van der Waals surface area (Å²) in [6.45, 7) is 0.890. The fourth-order valence-electron chi connectivity index (χ4n) is 2.50. The molecule has 4 heteroatoms. The summed E-state index contributed by atoms with van der Waals surface area (Å²) < 4.78 is 3.41. The lowest BCUT2D eigenvalue weighted by Gasteiger charge is -2.00. The molecule has 0 spiro atoms. The molecule has 0 saturated heterocycles. The monoisotopic (exact) mass is 338 g/mol. The van der Waals surface area contributed by atoms with Crippen LogP contribution >= 0.6 is 11.3 Å².